The lowest BCUT2D eigenvalue weighted by Crippen LogP contribution is -2.52. The van der Waals surface area contributed by atoms with Gasteiger partial charge in [0.25, 0.3) is 0 Å². The maximum Gasteiger partial charge on any atom is 0.243 e. The Morgan fingerprint density at radius 2 is 1.96 bits per heavy atom. The lowest BCUT2D eigenvalue weighted by molar-refractivity contribution is -0.122. The van der Waals surface area contributed by atoms with Crippen LogP contribution in [0.15, 0.2) is 24.3 Å². The van der Waals surface area contributed by atoms with Crippen LogP contribution in [-0.4, -0.2) is 57.7 Å². The molecule has 2 rings (SSSR count). The summed E-state index contributed by atoms with van der Waals surface area (Å²) in [6.45, 7) is 5.40. The van der Waals surface area contributed by atoms with Gasteiger partial charge in [-0.15, -0.1) is 0 Å². The summed E-state index contributed by atoms with van der Waals surface area (Å²) in [6.07, 6.45) is 2.91. The van der Waals surface area contributed by atoms with Crippen LogP contribution >= 0.6 is 0 Å². The van der Waals surface area contributed by atoms with Crippen molar-refractivity contribution in [2.24, 2.45) is 0 Å². The predicted molar refractivity (Wildman–Crippen MR) is 96.6 cm³/mol. The molecule has 1 aromatic rings. The summed E-state index contributed by atoms with van der Waals surface area (Å²) in [7, 11) is -1.50. The van der Waals surface area contributed by atoms with Crippen molar-refractivity contribution >= 4 is 21.6 Å². The van der Waals surface area contributed by atoms with E-state index < -0.39 is 16.1 Å². The van der Waals surface area contributed by atoms with E-state index in [1.807, 2.05) is 13.0 Å². The zero-order valence-electron chi connectivity index (χ0n) is 14.8. The summed E-state index contributed by atoms with van der Waals surface area (Å²) in [5, 5.41) is 3.00. The van der Waals surface area contributed by atoms with E-state index in [0.29, 0.717) is 5.69 Å². The monoisotopic (exact) mass is 353 g/mol. The molecule has 1 unspecified atom stereocenters. The van der Waals surface area contributed by atoms with Gasteiger partial charge in [-0.25, -0.2) is 8.42 Å². The second-order valence-corrected chi connectivity index (χ2v) is 8.52. The molecule has 1 amide bonds. The van der Waals surface area contributed by atoms with E-state index in [1.54, 1.807) is 25.1 Å². The molecule has 6 nitrogen and oxygen atoms in total. The van der Waals surface area contributed by atoms with Gasteiger partial charge in [-0.3, -0.25) is 9.10 Å². The molecule has 0 saturated carbocycles. The van der Waals surface area contributed by atoms with E-state index in [9.17, 15) is 13.2 Å². The summed E-state index contributed by atoms with van der Waals surface area (Å²) in [6, 6.07) is 6.50. The summed E-state index contributed by atoms with van der Waals surface area (Å²) in [5.74, 6) is -0.253. The Balaban J connectivity index is 2.16. The quantitative estimate of drug-likeness (QED) is 0.868. The van der Waals surface area contributed by atoms with Crippen LogP contribution in [0.3, 0.4) is 0 Å². The van der Waals surface area contributed by atoms with Gasteiger partial charge in [0.05, 0.1) is 11.9 Å². The number of hydrogen-bond acceptors (Lipinski definition) is 4. The number of aryl methyl sites for hydroxylation is 1. The number of likely N-dealkylation sites (tertiary alicyclic amines) is 1. The molecule has 7 heteroatoms. The van der Waals surface area contributed by atoms with Gasteiger partial charge < -0.3 is 10.2 Å². The molecule has 0 radical (unpaired) electrons. The fourth-order valence-electron chi connectivity index (χ4n) is 3.05. The molecule has 1 aromatic carbocycles. The summed E-state index contributed by atoms with van der Waals surface area (Å²) in [4.78, 5) is 14.8. The first-order chi connectivity index (χ1) is 11.2. The van der Waals surface area contributed by atoms with Gasteiger partial charge in [-0.2, -0.15) is 0 Å². The molecule has 1 heterocycles. The van der Waals surface area contributed by atoms with Crippen LogP contribution in [0.4, 0.5) is 5.69 Å². The van der Waals surface area contributed by atoms with Crippen LogP contribution in [0, 0.1) is 6.92 Å². The predicted octanol–water partition coefficient (Wildman–Crippen LogP) is 1.36. The van der Waals surface area contributed by atoms with Crippen molar-refractivity contribution in [3.05, 3.63) is 29.8 Å². The molecule has 1 N–H and O–H groups in total. The molecular formula is C17H27N3O3S. The zero-order valence-corrected chi connectivity index (χ0v) is 15.6. The topological polar surface area (TPSA) is 69.7 Å². The van der Waals surface area contributed by atoms with Crippen LogP contribution in [0.25, 0.3) is 0 Å². The normalized spacial score (nSPS) is 18.2. The molecule has 1 fully saturated rings. The third kappa shape index (κ3) is 4.70. The number of nitrogens with zero attached hydrogens (tertiary/aromatic N) is 2. The van der Waals surface area contributed by atoms with E-state index in [4.69, 9.17) is 0 Å². The molecule has 0 aliphatic carbocycles. The van der Waals surface area contributed by atoms with Gasteiger partial charge in [0.2, 0.25) is 15.9 Å². The summed E-state index contributed by atoms with van der Waals surface area (Å²) in [5.41, 5.74) is 1.47. The van der Waals surface area contributed by atoms with Crippen molar-refractivity contribution in [2.45, 2.75) is 38.8 Å². The molecule has 1 atom stereocenters. The minimum Gasteiger partial charge on any atom is -0.351 e. The average molecular weight is 353 g/mol. The number of amides is 1. The van der Waals surface area contributed by atoms with Gasteiger partial charge in [0, 0.05) is 6.04 Å². The van der Waals surface area contributed by atoms with E-state index in [-0.39, 0.29) is 11.9 Å². The number of carbonyl (C=O) groups excluding carboxylic acids is 1. The molecule has 1 aliphatic heterocycles. The van der Waals surface area contributed by atoms with Crippen molar-refractivity contribution < 1.29 is 13.2 Å². The van der Waals surface area contributed by atoms with Crippen LogP contribution in [0.5, 0.6) is 0 Å². The first-order valence-electron chi connectivity index (χ1n) is 8.23. The fraction of sp³-hybridized carbons (Fsp3) is 0.588. The minimum atomic E-state index is -3.56. The minimum absolute atomic E-state index is 0.107. The number of nitrogens with one attached hydrogen (secondary N) is 1. The lowest BCUT2D eigenvalue weighted by atomic mass is 10.1. The molecule has 0 spiro atoms. The van der Waals surface area contributed by atoms with Gasteiger partial charge in [0.1, 0.15) is 6.04 Å². The highest BCUT2D eigenvalue weighted by Crippen LogP contribution is 2.22. The zero-order chi connectivity index (χ0) is 17.9. The smallest absolute Gasteiger partial charge is 0.243 e. The number of hydrogen-bond donors (Lipinski definition) is 1. The van der Waals surface area contributed by atoms with Crippen molar-refractivity contribution in [1.29, 1.82) is 0 Å². The van der Waals surface area contributed by atoms with E-state index in [1.165, 1.54) is 4.31 Å². The Hall–Kier alpha value is -1.60. The summed E-state index contributed by atoms with van der Waals surface area (Å²) < 4.78 is 25.7. The molecule has 0 aromatic heterocycles. The van der Waals surface area contributed by atoms with Crippen molar-refractivity contribution in [2.75, 3.05) is 30.7 Å². The Morgan fingerprint density at radius 3 is 2.50 bits per heavy atom. The standard InChI is InChI=1S/C17H27N3O3S/c1-13-6-5-7-16(12-13)20(24(4,22)23)14(2)17(21)18-15-8-10-19(3)11-9-15/h5-7,12,14-15H,8-11H2,1-4H3,(H,18,21). The third-order valence-electron chi connectivity index (χ3n) is 4.41. The number of piperidine rings is 1. The van der Waals surface area contributed by atoms with E-state index in [2.05, 4.69) is 17.3 Å². The van der Waals surface area contributed by atoms with Gasteiger partial charge in [-0.05, 0) is 64.5 Å². The number of sulfonamides is 1. The highest BCUT2D eigenvalue weighted by Gasteiger charge is 2.30. The second-order valence-electron chi connectivity index (χ2n) is 6.66. The van der Waals surface area contributed by atoms with E-state index in [0.717, 1.165) is 37.8 Å². The second kappa shape index (κ2) is 7.53. The Bertz CT molecular complexity index is 682. The van der Waals surface area contributed by atoms with Gasteiger partial charge in [0.15, 0.2) is 0 Å². The first-order valence-corrected chi connectivity index (χ1v) is 10.1. The molecular weight excluding hydrogens is 326 g/mol. The Kier molecular flexibility index (Phi) is 5.87. The van der Waals surface area contributed by atoms with Gasteiger partial charge >= 0.3 is 0 Å². The maximum absolute atomic E-state index is 12.6. The SMILES string of the molecule is Cc1cccc(N(C(C)C(=O)NC2CCN(C)CC2)S(C)(=O)=O)c1. The van der Waals surface area contributed by atoms with Crippen LogP contribution in [0.2, 0.25) is 0 Å². The largest absolute Gasteiger partial charge is 0.351 e. The highest BCUT2D eigenvalue weighted by molar-refractivity contribution is 7.92. The first kappa shape index (κ1) is 18.7. The van der Waals surface area contributed by atoms with Crippen LogP contribution in [0.1, 0.15) is 25.3 Å². The van der Waals surface area contributed by atoms with Crippen molar-refractivity contribution in [3.63, 3.8) is 0 Å². The van der Waals surface area contributed by atoms with E-state index >= 15 is 0 Å². The number of rotatable bonds is 5. The highest BCUT2D eigenvalue weighted by atomic mass is 32.2. The average Bonchev–Trinajstić information content (AvgIpc) is 2.48. The number of benzene rings is 1. The van der Waals surface area contributed by atoms with Gasteiger partial charge in [-0.1, -0.05) is 12.1 Å². The molecule has 0 bridgehead atoms. The maximum atomic E-state index is 12.6. The molecule has 1 saturated heterocycles. The third-order valence-corrected chi connectivity index (χ3v) is 5.65. The Labute approximate surface area is 144 Å². The Morgan fingerprint density at radius 1 is 1.33 bits per heavy atom. The van der Waals surface area contributed by atoms with Crippen molar-refractivity contribution in [1.82, 2.24) is 10.2 Å². The molecule has 24 heavy (non-hydrogen) atoms. The van der Waals surface area contributed by atoms with Crippen molar-refractivity contribution in [3.8, 4) is 0 Å². The number of anilines is 1. The molecule has 134 valence electrons. The van der Waals surface area contributed by atoms with Crippen LogP contribution in [-0.2, 0) is 14.8 Å². The fourth-order valence-corrected chi connectivity index (χ4v) is 4.22. The molecule has 1 aliphatic rings. The summed E-state index contributed by atoms with van der Waals surface area (Å²) >= 11 is 0. The van der Waals surface area contributed by atoms with Crippen LogP contribution < -0.4 is 9.62 Å². The lowest BCUT2D eigenvalue weighted by Gasteiger charge is -2.33. The number of carbonyl (C=O) groups is 1.